The smallest absolute Gasteiger partial charge is 0.305 e. The molecule has 0 aromatic heterocycles. The monoisotopic (exact) mass is 148 g/mol. The Labute approximate surface area is 63.6 Å². The number of esters is 1. The summed E-state index contributed by atoms with van der Waals surface area (Å²) in [4.78, 5) is 21.3. The number of methoxy groups -OCH3 is 1. The Kier molecular flexibility index (Phi) is 2.39. The van der Waals surface area contributed by atoms with Crippen LogP contribution in [0.4, 0.5) is 0 Å². The molecule has 0 rings (SSSR count). The van der Waals surface area contributed by atoms with Crippen LogP contribution in [0.3, 0.4) is 0 Å². The van der Waals surface area contributed by atoms with Crippen molar-refractivity contribution in [1.29, 1.82) is 0 Å². The van der Waals surface area contributed by atoms with Crippen molar-refractivity contribution in [2.24, 2.45) is 5.73 Å². The minimum absolute atomic E-state index is 0.0780. The van der Waals surface area contributed by atoms with E-state index in [9.17, 15) is 9.59 Å². The molecule has 0 fully saturated rings. The van der Waals surface area contributed by atoms with Gasteiger partial charge in [-0.15, -0.1) is 0 Å². The Morgan fingerprint density at radius 3 is 2.80 bits per heavy atom. The summed E-state index contributed by atoms with van der Waals surface area (Å²) in [6.07, 6.45) is -0.320. The van der Waals surface area contributed by atoms with Gasteiger partial charge in [-0.25, -0.2) is 0 Å². The molecule has 0 aliphatic carbocycles. The maximum absolute atomic E-state index is 10.7. The number of ether oxygens (including phenoxy) is 1. The molecule has 2 N–H and O–H groups in total. The normalized spacial score (nSPS) is 14.7. The summed E-state index contributed by atoms with van der Waals surface area (Å²) in [6, 6.07) is 0. The van der Waals surface area contributed by atoms with Gasteiger partial charge in [0.15, 0.2) is 0 Å². The van der Waals surface area contributed by atoms with E-state index in [-0.39, 0.29) is 25.2 Å². The van der Waals surface area contributed by atoms with E-state index in [1.54, 1.807) is 0 Å². The van der Waals surface area contributed by atoms with Crippen molar-refractivity contribution in [2.45, 2.75) is 12.8 Å². The first kappa shape index (κ1) is 4.85. The number of carbonyl (C=O) groups excluding carboxylic acids is 2. The molecule has 0 heterocycles. The Morgan fingerprint density at radius 1 is 1.60 bits per heavy atom. The summed E-state index contributed by atoms with van der Waals surface area (Å²) in [5.74, 6) is -1.22. The summed E-state index contributed by atoms with van der Waals surface area (Å²) in [5.41, 5.74) is 4.97. The average molecular weight is 148 g/mol. The fraction of sp³-hybridized carbons (Fsp3) is 0.667. The molecule has 58 valence electrons. The molecule has 0 spiro atoms. The predicted octanol–water partition coefficient (Wildman–Crippen LogP) is -0.533. The second-order valence-corrected chi connectivity index (χ2v) is 1.72. The molecule has 0 bridgehead atoms. The van der Waals surface area contributed by atoms with E-state index < -0.39 is 13.0 Å². The highest BCUT2D eigenvalue weighted by Gasteiger charge is 2.03. The van der Waals surface area contributed by atoms with Crippen molar-refractivity contribution in [2.75, 3.05) is 13.6 Å². The van der Waals surface area contributed by atoms with Crippen molar-refractivity contribution >= 4 is 11.8 Å². The van der Waals surface area contributed by atoms with Gasteiger partial charge < -0.3 is 10.5 Å². The topological polar surface area (TPSA) is 69.4 Å². The molecule has 0 aromatic carbocycles. The van der Waals surface area contributed by atoms with Crippen LogP contribution in [-0.2, 0) is 14.3 Å². The Balaban J connectivity index is 3.71. The van der Waals surface area contributed by atoms with Gasteiger partial charge in [0, 0.05) is 6.42 Å². The van der Waals surface area contributed by atoms with Gasteiger partial charge >= 0.3 is 5.97 Å². The maximum Gasteiger partial charge on any atom is 0.305 e. The van der Waals surface area contributed by atoms with E-state index in [1.807, 2.05) is 0 Å². The van der Waals surface area contributed by atoms with Crippen molar-refractivity contribution in [3.8, 4) is 0 Å². The lowest BCUT2D eigenvalue weighted by Gasteiger charge is -1.95. The molecule has 0 saturated carbocycles. The van der Waals surface area contributed by atoms with E-state index in [2.05, 4.69) is 4.74 Å². The van der Waals surface area contributed by atoms with Crippen molar-refractivity contribution in [3.63, 3.8) is 0 Å². The van der Waals surface area contributed by atoms with E-state index in [1.165, 1.54) is 0 Å². The van der Waals surface area contributed by atoms with Crippen molar-refractivity contribution < 1.29 is 18.4 Å². The molecule has 0 aliphatic rings. The summed E-state index contributed by atoms with van der Waals surface area (Å²) < 4.78 is 23.7. The van der Waals surface area contributed by atoms with Gasteiger partial charge in [0.1, 0.15) is 5.78 Å². The standard InChI is InChI=1S/C6H11NO3/c1-10-6(9)3-2-5(8)4-7/h2-4,7H2,1H3/i1D3. The Hall–Kier alpha value is -0.900. The van der Waals surface area contributed by atoms with Gasteiger partial charge in [0.05, 0.1) is 24.1 Å². The van der Waals surface area contributed by atoms with Gasteiger partial charge in [0.2, 0.25) is 0 Å². The zero-order chi connectivity index (χ0) is 10.5. The van der Waals surface area contributed by atoms with Gasteiger partial charge in [-0.2, -0.15) is 0 Å². The summed E-state index contributed by atoms with van der Waals surface area (Å²) in [6.45, 7) is -0.152. The molecule has 4 nitrogen and oxygen atoms in total. The van der Waals surface area contributed by atoms with Crippen molar-refractivity contribution in [1.82, 2.24) is 0 Å². The minimum atomic E-state index is -2.73. The van der Waals surface area contributed by atoms with Gasteiger partial charge in [-0.1, -0.05) is 0 Å². The first-order valence-electron chi connectivity index (χ1n) is 4.29. The highest BCUT2D eigenvalue weighted by atomic mass is 16.5. The number of hydrogen-bond donors (Lipinski definition) is 1. The van der Waals surface area contributed by atoms with Crippen LogP contribution in [0.1, 0.15) is 17.0 Å². The number of carbonyl (C=O) groups is 2. The third-order valence-corrected chi connectivity index (χ3v) is 0.949. The molecule has 4 heteroatoms. The van der Waals surface area contributed by atoms with Crippen LogP contribution in [-0.4, -0.2) is 25.3 Å². The van der Waals surface area contributed by atoms with E-state index >= 15 is 0 Å². The largest absolute Gasteiger partial charge is 0.469 e. The lowest BCUT2D eigenvalue weighted by molar-refractivity contribution is -0.141. The lowest BCUT2D eigenvalue weighted by Crippen LogP contribution is -2.14. The number of rotatable bonds is 4. The predicted molar refractivity (Wildman–Crippen MR) is 35.3 cm³/mol. The highest BCUT2D eigenvalue weighted by Crippen LogP contribution is 1.91. The van der Waals surface area contributed by atoms with Crippen LogP contribution in [0.5, 0.6) is 0 Å². The number of nitrogens with two attached hydrogens (primary N) is 1. The molecule has 0 unspecified atom stereocenters. The molecular weight excluding hydrogens is 134 g/mol. The molecule has 0 amide bonds. The first-order chi connectivity index (χ1) is 5.85. The third kappa shape index (κ3) is 4.03. The van der Waals surface area contributed by atoms with Crippen molar-refractivity contribution in [3.05, 3.63) is 0 Å². The number of hydrogen-bond acceptors (Lipinski definition) is 4. The second-order valence-electron chi connectivity index (χ2n) is 1.72. The quantitative estimate of drug-likeness (QED) is 0.544. The minimum Gasteiger partial charge on any atom is -0.469 e. The van der Waals surface area contributed by atoms with Crippen LogP contribution >= 0.6 is 0 Å². The summed E-state index contributed by atoms with van der Waals surface area (Å²) in [5, 5.41) is 0. The van der Waals surface area contributed by atoms with Crippen LogP contribution in [0.15, 0.2) is 0 Å². The van der Waals surface area contributed by atoms with E-state index in [0.717, 1.165) is 0 Å². The molecule has 0 saturated heterocycles. The van der Waals surface area contributed by atoms with Crippen LogP contribution in [0.2, 0.25) is 0 Å². The zero-order valence-electron chi connectivity index (χ0n) is 8.42. The SMILES string of the molecule is [2H]C([2H])([2H])OC(=O)CCC(=O)CN. The molecule has 0 aromatic rings. The van der Waals surface area contributed by atoms with E-state index in [4.69, 9.17) is 9.85 Å². The van der Waals surface area contributed by atoms with E-state index in [0.29, 0.717) is 0 Å². The van der Waals surface area contributed by atoms with Crippen LogP contribution in [0.25, 0.3) is 0 Å². The molecule has 10 heavy (non-hydrogen) atoms. The molecule has 0 radical (unpaired) electrons. The molecular formula is C6H11NO3. The summed E-state index contributed by atoms with van der Waals surface area (Å²) >= 11 is 0. The van der Waals surface area contributed by atoms with Gasteiger partial charge in [0.25, 0.3) is 0 Å². The average Bonchev–Trinajstić information content (AvgIpc) is 1.97. The number of Topliss-reactive ketones (excluding diaryl/α,β-unsaturated/α-hetero) is 1. The van der Waals surface area contributed by atoms with Gasteiger partial charge in [-0.3, -0.25) is 9.59 Å². The fourth-order valence-corrected chi connectivity index (χ4v) is 0.395. The maximum atomic E-state index is 10.7. The number of ketones is 1. The lowest BCUT2D eigenvalue weighted by atomic mass is 10.2. The third-order valence-electron chi connectivity index (χ3n) is 0.949. The Morgan fingerprint density at radius 2 is 2.30 bits per heavy atom. The molecule has 0 atom stereocenters. The highest BCUT2D eigenvalue weighted by molar-refractivity contribution is 5.84. The zero-order valence-corrected chi connectivity index (χ0v) is 5.42. The van der Waals surface area contributed by atoms with Gasteiger partial charge in [-0.05, 0) is 0 Å². The fourth-order valence-electron chi connectivity index (χ4n) is 0.395. The second kappa shape index (κ2) is 4.93. The van der Waals surface area contributed by atoms with Crippen LogP contribution in [0, 0.1) is 0 Å². The summed E-state index contributed by atoms with van der Waals surface area (Å²) in [7, 11) is -2.73. The molecule has 0 aliphatic heterocycles. The first-order valence-corrected chi connectivity index (χ1v) is 2.79. The Bertz CT molecular complexity index is 202. The van der Waals surface area contributed by atoms with Crippen LogP contribution < -0.4 is 5.73 Å².